The number of hydrogen-bond donors (Lipinski definition) is 2. The Morgan fingerprint density at radius 3 is 2.77 bits per heavy atom. The number of aromatic nitrogens is 3. The standard InChI is InChI=1S/C26H30N6O3/c1-16-8-9-31(24(16)30-25(33)17-4-5-17)22-7-6-18(12-28-22)21-10-20(35-15-26(2,3)34)14-32-23(21)19(11-27)13-29-32/h6-7,10,12-14,16-17,24,34H,4-5,8-9,15H2,1-3H3,(H,30,33)/t16?,24-/m0/s1. The number of ether oxygens (including phenoxy) is 1. The molecule has 182 valence electrons. The number of nitrogens with one attached hydrogen (secondary N) is 1. The Hall–Kier alpha value is -3.64. The summed E-state index contributed by atoms with van der Waals surface area (Å²) < 4.78 is 7.43. The maximum Gasteiger partial charge on any atom is 0.224 e. The topological polar surface area (TPSA) is 116 Å². The van der Waals surface area contributed by atoms with Crippen molar-refractivity contribution in [3.05, 3.63) is 42.4 Å². The van der Waals surface area contributed by atoms with Crippen molar-refractivity contribution in [3.63, 3.8) is 0 Å². The van der Waals surface area contributed by atoms with Crippen LogP contribution < -0.4 is 15.0 Å². The Morgan fingerprint density at radius 2 is 2.11 bits per heavy atom. The lowest BCUT2D eigenvalue weighted by atomic mass is 10.1. The van der Waals surface area contributed by atoms with Crippen LogP contribution in [0.3, 0.4) is 0 Å². The van der Waals surface area contributed by atoms with E-state index >= 15 is 0 Å². The van der Waals surface area contributed by atoms with Gasteiger partial charge in [-0.15, -0.1) is 0 Å². The molecule has 1 saturated heterocycles. The van der Waals surface area contributed by atoms with Gasteiger partial charge in [0.15, 0.2) is 0 Å². The third kappa shape index (κ3) is 4.80. The molecule has 2 fully saturated rings. The van der Waals surface area contributed by atoms with Crippen LogP contribution in [0.15, 0.2) is 36.8 Å². The molecule has 35 heavy (non-hydrogen) atoms. The zero-order valence-corrected chi connectivity index (χ0v) is 20.2. The third-order valence-corrected chi connectivity index (χ3v) is 6.59. The molecule has 2 atom stereocenters. The second kappa shape index (κ2) is 8.86. The maximum atomic E-state index is 12.4. The average Bonchev–Trinajstić information content (AvgIpc) is 3.52. The second-order valence-electron chi connectivity index (χ2n) is 10.2. The summed E-state index contributed by atoms with van der Waals surface area (Å²) in [7, 11) is 0. The number of pyridine rings is 2. The molecule has 1 aliphatic carbocycles. The molecular formula is C26H30N6O3. The van der Waals surface area contributed by atoms with Gasteiger partial charge in [-0.3, -0.25) is 4.79 Å². The van der Waals surface area contributed by atoms with Crippen molar-refractivity contribution in [1.82, 2.24) is 19.9 Å². The summed E-state index contributed by atoms with van der Waals surface area (Å²) >= 11 is 0. The monoisotopic (exact) mass is 474 g/mol. The van der Waals surface area contributed by atoms with Gasteiger partial charge < -0.3 is 20.1 Å². The summed E-state index contributed by atoms with van der Waals surface area (Å²) in [4.78, 5) is 19.3. The first kappa shape index (κ1) is 23.1. The van der Waals surface area contributed by atoms with Gasteiger partial charge in [0.05, 0.1) is 29.1 Å². The highest BCUT2D eigenvalue weighted by molar-refractivity contribution is 5.85. The van der Waals surface area contributed by atoms with Gasteiger partial charge >= 0.3 is 0 Å². The number of fused-ring (bicyclic) bond motifs is 1. The highest BCUT2D eigenvalue weighted by atomic mass is 16.5. The van der Waals surface area contributed by atoms with Crippen LogP contribution in [0.4, 0.5) is 5.82 Å². The Balaban J connectivity index is 1.45. The molecule has 0 radical (unpaired) electrons. The van der Waals surface area contributed by atoms with E-state index in [2.05, 4.69) is 28.3 Å². The number of amides is 1. The molecule has 1 unspecified atom stereocenters. The molecule has 3 aromatic rings. The van der Waals surface area contributed by atoms with E-state index in [-0.39, 0.29) is 24.6 Å². The predicted molar refractivity (Wildman–Crippen MR) is 131 cm³/mol. The zero-order valence-electron chi connectivity index (χ0n) is 20.2. The molecule has 2 aliphatic rings. The van der Waals surface area contributed by atoms with Crippen molar-refractivity contribution in [1.29, 1.82) is 5.26 Å². The number of carbonyl (C=O) groups excluding carboxylic acids is 1. The summed E-state index contributed by atoms with van der Waals surface area (Å²) in [5.41, 5.74) is 1.71. The Labute approximate surface area is 204 Å². The SMILES string of the molecule is CC1CCN(c2ccc(-c3cc(OCC(C)(C)O)cn4ncc(C#N)c34)cn2)[C@@H]1NC(=O)C1CC1. The largest absolute Gasteiger partial charge is 0.489 e. The van der Waals surface area contributed by atoms with Gasteiger partial charge in [0.1, 0.15) is 30.4 Å². The molecule has 4 heterocycles. The van der Waals surface area contributed by atoms with Gasteiger partial charge in [-0.2, -0.15) is 10.4 Å². The highest BCUT2D eigenvalue weighted by Crippen LogP contribution is 2.34. The first-order valence-electron chi connectivity index (χ1n) is 12.0. The van der Waals surface area contributed by atoms with Crippen LogP contribution in [0.5, 0.6) is 5.75 Å². The zero-order chi connectivity index (χ0) is 24.7. The Bertz CT molecular complexity index is 1280. The van der Waals surface area contributed by atoms with Crippen molar-refractivity contribution in [2.75, 3.05) is 18.1 Å². The van der Waals surface area contributed by atoms with E-state index in [1.807, 2.05) is 18.2 Å². The number of aliphatic hydroxyl groups is 1. The smallest absolute Gasteiger partial charge is 0.224 e. The molecule has 0 bridgehead atoms. The van der Waals surface area contributed by atoms with Gasteiger partial charge in [-0.1, -0.05) is 6.92 Å². The number of hydrogen-bond acceptors (Lipinski definition) is 7. The minimum absolute atomic E-state index is 0.0632. The van der Waals surface area contributed by atoms with E-state index in [1.54, 1.807) is 30.8 Å². The molecule has 2 N–H and O–H groups in total. The fourth-order valence-electron chi connectivity index (χ4n) is 4.49. The number of nitrogens with zero attached hydrogens (tertiary/aromatic N) is 5. The van der Waals surface area contributed by atoms with Crippen LogP contribution in [-0.2, 0) is 4.79 Å². The minimum atomic E-state index is -0.988. The molecule has 0 aromatic carbocycles. The molecule has 9 heteroatoms. The van der Waals surface area contributed by atoms with Crippen molar-refractivity contribution < 1.29 is 14.6 Å². The normalized spacial score (nSPS) is 20.1. The lowest BCUT2D eigenvalue weighted by Gasteiger charge is -2.29. The lowest BCUT2D eigenvalue weighted by molar-refractivity contribution is -0.123. The molecule has 0 spiro atoms. The van der Waals surface area contributed by atoms with Crippen LogP contribution in [0.2, 0.25) is 0 Å². The number of anilines is 1. The van der Waals surface area contributed by atoms with Crippen molar-refractivity contribution >= 4 is 17.2 Å². The van der Waals surface area contributed by atoms with Gasteiger partial charge in [0, 0.05) is 29.8 Å². The molecule has 3 aromatic heterocycles. The molecule has 1 amide bonds. The van der Waals surface area contributed by atoms with Crippen molar-refractivity contribution in [3.8, 4) is 22.9 Å². The van der Waals surface area contributed by atoms with E-state index in [0.717, 1.165) is 42.8 Å². The minimum Gasteiger partial charge on any atom is -0.489 e. The van der Waals surface area contributed by atoms with Crippen LogP contribution in [0.25, 0.3) is 16.6 Å². The highest BCUT2D eigenvalue weighted by Gasteiger charge is 2.37. The first-order chi connectivity index (χ1) is 16.7. The molecule has 9 nitrogen and oxygen atoms in total. The molecule has 1 saturated carbocycles. The molecular weight excluding hydrogens is 444 g/mol. The maximum absolute atomic E-state index is 12.4. The summed E-state index contributed by atoms with van der Waals surface area (Å²) in [6, 6.07) is 7.96. The third-order valence-electron chi connectivity index (χ3n) is 6.59. The Morgan fingerprint density at radius 1 is 1.31 bits per heavy atom. The number of carbonyl (C=O) groups is 1. The summed E-state index contributed by atoms with van der Waals surface area (Å²) in [5.74, 6) is 1.98. The van der Waals surface area contributed by atoms with E-state index in [0.29, 0.717) is 22.7 Å². The van der Waals surface area contributed by atoms with Gasteiger partial charge in [-0.05, 0) is 57.2 Å². The van der Waals surface area contributed by atoms with Crippen LogP contribution in [0, 0.1) is 23.2 Å². The van der Waals surface area contributed by atoms with Crippen LogP contribution in [0.1, 0.15) is 45.6 Å². The van der Waals surface area contributed by atoms with E-state index in [4.69, 9.17) is 9.72 Å². The lowest BCUT2D eigenvalue weighted by Crippen LogP contribution is -2.48. The fraction of sp³-hybridized carbons (Fsp3) is 0.462. The summed E-state index contributed by atoms with van der Waals surface area (Å²) in [6.45, 7) is 6.45. The molecule has 5 rings (SSSR count). The van der Waals surface area contributed by atoms with E-state index in [1.165, 1.54) is 6.20 Å². The number of nitriles is 1. The summed E-state index contributed by atoms with van der Waals surface area (Å²) in [5, 5.41) is 27.2. The first-order valence-corrected chi connectivity index (χ1v) is 12.0. The van der Waals surface area contributed by atoms with Crippen LogP contribution in [-0.4, -0.2) is 50.5 Å². The van der Waals surface area contributed by atoms with Crippen molar-refractivity contribution in [2.45, 2.75) is 51.8 Å². The van der Waals surface area contributed by atoms with E-state index in [9.17, 15) is 15.2 Å². The predicted octanol–water partition coefficient (Wildman–Crippen LogP) is 3.12. The second-order valence-corrected chi connectivity index (χ2v) is 10.2. The van der Waals surface area contributed by atoms with E-state index < -0.39 is 5.60 Å². The Kier molecular flexibility index (Phi) is 5.85. The van der Waals surface area contributed by atoms with Crippen molar-refractivity contribution in [2.24, 2.45) is 11.8 Å². The quantitative estimate of drug-likeness (QED) is 0.540. The van der Waals surface area contributed by atoms with Crippen LogP contribution >= 0.6 is 0 Å². The average molecular weight is 475 g/mol. The van der Waals surface area contributed by atoms with Gasteiger partial charge in [0.2, 0.25) is 5.91 Å². The van der Waals surface area contributed by atoms with Gasteiger partial charge in [-0.25, -0.2) is 9.50 Å². The molecule has 1 aliphatic heterocycles. The fourth-order valence-corrected chi connectivity index (χ4v) is 4.49. The number of rotatable bonds is 7. The van der Waals surface area contributed by atoms with Gasteiger partial charge in [0.25, 0.3) is 0 Å². The summed E-state index contributed by atoms with van der Waals surface area (Å²) in [6.07, 6.45) is 7.89.